The Morgan fingerprint density at radius 2 is 0.913 bits per heavy atom. The molecule has 2 unspecified atom stereocenters. The number of aliphatic hydroxyl groups is 2. The van der Waals surface area contributed by atoms with Crippen LogP contribution in [0.25, 0.3) is 0 Å². The van der Waals surface area contributed by atoms with Crippen molar-refractivity contribution < 1.29 is 19.0 Å². The molecule has 0 saturated heterocycles. The van der Waals surface area contributed by atoms with E-state index in [1.165, 1.54) is 46.4 Å². The van der Waals surface area contributed by atoms with Crippen LogP contribution in [0.4, 0.5) is 8.78 Å². The summed E-state index contributed by atoms with van der Waals surface area (Å²) in [6, 6.07) is 31.1. The highest BCUT2D eigenvalue weighted by Gasteiger charge is 2.34. The quantitative estimate of drug-likeness (QED) is 0.142. The Morgan fingerprint density at radius 3 is 1.30 bits per heavy atom. The number of aromatic nitrogens is 6. The van der Waals surface area contributed by atoms with Crippen molar-refractivity contribution in [2.75, 3.05) is 0 Å². The SMILES string of the molecule is OC(Cc1ccccc1F)(Cn1cnnc1SSc1nncn1CC(O)(Cc1ccccc1F)c1ccccc1)c1ccccc1. The number of hydrogen-bond acceptors (Lipinski definition) is 8. The van der Waals surface area contributed by atoms with Gasteiger partial charge in [-0.1, -0.05) is 97.1 Å². The van der Waals surface area contributed by atoms with Gasteiger partial charge in [0.15, 0.2) is 0 Å². The lowest BCUT2D eigenvalue weighted by molar-refractivity contribution is 0.0150. The van der Waals surface area contributed by atoms with Crippen LogP contribution in [0.15, 0.2) is 132 Å². The van der Waals surface area contributed by atoms with E-state index in [9.17, 15) is 19.0 Å². The van der Waals surface area contributed by atoms with Crippen LogP contribution in [-0.4, -0.2) is 39.7 Å². The van der Waals surface area contributed by atoms with Gasteiger partial charge in [-0.05, 0) is 56.0 Å². The fourth-order valence-corrected chi connectivity index (χ4v) is 7.33. The molecule has 0 aliphatic carbocycles. The first-order valence-corrected chi connectivity index (χ1v) is 16.6. The molecule has 0 bridgehead atoms. The summed E-state index contributed by atoms with van der Waals surface area (Å²) in [5, 5.41) is 41.6. The predicted molar refractivity (Wildman–Crippen MR) is 173 cm³/mol. The summed E-state index contributed by atoms with van der Waals surface area (Å²) in [6.07, 6.45) is 3.11. The molecule has 2 N–H and O–H groups in total. The van der Waals surface area contributed by atoms with Crippen LogP contribution in [0.5, 0.6) is 0 Å². The summed E-state index contributed by atoms with van der Waals surface area (Å²) in [4.78, 5) is 0. The molecule has 2 aromatic heterocycles. The Labute approximate surface area is 272 Å². The highest BCUT2D eigenvalue weighted by Crippen LogP contribution is 2.38. The molecule has 2 atom stereocenters. The van der Waals surface area contributed by atoms with E-state index in [2.05, 4.69) is 20.4 Å². The van der Waals surface area contributed by atoms with E-state index >= 15 is 0 Å². The van der Waals surface area contributed by atoms with Crippen LogP contribution in [0.1, 0.15) is 22.3 Å². The van der Waals surface area contributed by atoms with E-state index in [4.69, 9.17) is 0 Å². The smallest absolute Gasteiger partial charge is 0.202 e. The van der Waals surface area contributed by atoms with E-state index in [-0.39, 0.29) is 25.9 Å². The van der Waals surface area contributed by atoms with Crippen molar-refractivity contribution in [2.45, 2.75) is 47.4 Å². The van der Waals surface area contributed by atoms with E-state index in [0.29, 0.717) is 32.6 Å². The maximum Gasteiger partial charge on any atom is 0.202 e. The van der Waals surface area contributed by atoms with Crippen molar-refractivity contribution in [1.82, 2.24) is 29.5 Å². The lowest BCUT2D eigenvalue weighted by Gasteiger charge is -2.30. The summed E-state index contributed by atoms with van der Waals surface area (Å²) in [5.74, 6) is -0.786. The first-order chi connectivity index (χ1) is 22.3. The molecule has 0 aliphatic rings. The average molecular weight is 657 g/mol. The summed E-state index contributed by atoms with van der Waals surface area (Å²) < 4.78 is 32.8. The third kappa shape index (κ3) is 7.20. The molecule has 6 aromatic rings. The van der Waals surface area contributed by atoms with Gasteiger partial charge in [-0.3, -0.25) is 0 Å². The molecular formula is C34H30F2N6O2S2. The van der Waals surface area contributed by atoms with Crippen molar-refractivity contribution in [1.29, 1.82) is 0 Å². The summed E-state index contributed by atoms with van der Waals surface area (Å²) in [5.41, 5.74) is -0.898. The minimum atomic E-state index is -1.47. The maximum atomic E-state index is 14.7. The van der Waals surface area contributed by atoms with Crippen molar-refractivity contribution in [3.8, 4) is 0 Å². The maximum absolute atomic E-state index is 14.7. The van der Waals surface area contributed by atoms with E-state index < -0.39 is 22.8 Å². The molecule has 8 nitrogen and oxygen atoms in total. The van der Waals surface area contributed by atoms with Gasteiger partial charge in [0.25, 0.3) is 0 Å². The minimum absolute atomic E-state index is 0.0352. The largest absolute Gasteiger partial charge is 0.383 e. The first kappa shape index (κ1) is 31.6. The second-order valence-electron chi connectivity index (χ2n) is 11.0. The number of benzene rings is 4. The number of halogens is 2. The monoisotopic (exact) mass is 656 g/mol. The van der Waals surface area contributed by atoms with Gasteiger partial charge in [0.1, 0.15) is 35.5 Å². The van der Waals surface area contributed by atoms with Gasteiger partial charge in [-0.25, -0.2) is 8.78 Å². The highest BCUT2D eigenvalue weighted by molar-refractivity contribution is 8.76. The zero-order valence-electron chi connectivity index (χ0n) is 24.5. The second-order valence-corrected chi connectivity index (χ2v) is 13.0. The molecule has 2 heterocycles. The van der Waals surface area contributed by atoms with Crippen molar-refractivity contribution in [2.24, 2.45) is 0 Å². The molecule has 4 aromatic carbocycles. The molecule has 0 amide bonds. The van der Waals surface area contributed by atoms with Crippen LogP contribution in [0, 0.1) is 11.6 Å². The highest BCUT2D eigenvalue weighted by atomic mass is 33.1. The molecule has 0 radical (unpaired) electrons. The van der Waals surface area contributed by atoms with Gasteiger partial charge >= 0.3 is 0 Å². The first-order valence-electron chi connectivity index (χ1n) is 14.5. The predicted octanol–water partition coefficient (Wildman–Crippen LogP) is 6.21. The van der Waals surface area contributed by atoms with Gasteiger partial charge in [0.05, 0.1) is 13.1 Å². The standard InChI is InChI=1S/C34H30F2N6O2S2/c35-29-17-9-7-11-25(29)19-33(43,27-13-3-1-4-14-27)21-41-23-37-39-31(41)45-46-32-40-38-24-42(32)22-34(44,28-15-5-2-6-16-28)20-26-12-8-10-18-30(26)36/h1-18,23-24,43-44H,19-22H2. The van der Waals surface area contributed by atoms with Crippen molar-refractivity contribution in [3.05, 3.63) is 156 Å². The molecule has 0 aliphatic heterocycles. The van der Waals surface area contributed by atoms with Crippen LogP contribution in [0.3, 0.4) is 0 Å². The Bertz CT molecular complexity index is 1750. The Hall–Kier alpha value is -4.36. The molecule has 0 spiro atoms. The van der Waals surface area contributed by atoms with E-state index in [1.807, 2.05) is 60.7 Å². The molecule has 6 rings (SSSR count). The van der Waals surface area contributed by atoms with Gasteiger partial charge in [0, 0.05) is 12.8 Å². The third-order valence-corrected chi connectivity index (χ3v) is 9.88. The Balaban J connectivity index is 1.22. The van der Waals surface area contributed by atoms with Gasteiger partial charge in [-0.2, -0.15) is 0 Å². The van der Waals surface area contributed by atoms with Crippen LogP contribution in [-0.2, 0) is 37.1 Å². The Morgan fingerprint density at radius 1 is 0.543 bits per heavy atom. The minimum Gasteiger partial charge on any atom is -0.383 e. The molecular weight excluding hydrogens is 627 g/mol. The van der Waals surface area contributed by atoms with Gasteiger partial charge < -0.3 is 19.3 Å². The zero-order valence-corrected chi connectivity index (χ0v) is 26.2. The second kappa shape index (κ2) is 14.0. The summed E-state index contributed by atoms with van der Waals surface area (Å²) in [6.45, 7) is 0.120. The lowest BCUT2D eigenvalue weighted by atomic mass is 9.87. The van der Waals surface area contributed by atoms with E-state index in [0.717, 1.165) is 0 Å². The topological polar surface area (TPSA) is 102 Å². The van der Waals surface area contributed by atoms with Crippen molar-refractivity contribution >= 4 is 21.6 Å². The molecule has 234 valence electrons. The molecule has 0 fully saturated rings. The number of hydrogen-bond donors (Lipinski definition) is 2. The molecule has 0 saturated carbocycles. The van der Waals surface area contributed by atoms with E-state index in [1.54, 1.807) is 45.5 Å². The Kier molecular flexibility index (Phi) is 9.59. The fourth-order valence-electron chi connectivity index (χ4n) is 5.38. The summed E-state index contributed by atoms with van der Waals surface area (Å²) >= 11 is 0. The lowest BCUT2D eigenvalue weighted by Crippen LogP contribution is -2.34. The molecule has 12 heteroatoms. The summed E-state index contributed by atoms with van der Waals surface area (Å²) in [7, 11) is 2.51. The van der Waals surface area contributed by atoms with Crippen molar-refractivity contribution in [3.63, 3.8) is 0 Å². The van der Waals surface area contributed by atoms with Crippen LogP contribution < -0.4 is 0 Å². The third-order valence-electron chi connectivity index (χ3n) is 7.72. The fraction of sp³-hybridized carbons (Fsp3) is 0.176. The van der Waals surface area contributed by atoms with Gasteiger partial charge in [-0.15, -0.1) is 20.4 Å². The number of nitrogens with zero attached hydrogens (tertiary/aromatic N) is 6. The molecule has 46 heavy (non-hydrogen) atoms. The normalized spacial score (nSPS) is 14.1. The average Bonchev–Trinajstić information content (AvgIpc) is 3.71. The van der Waals surface area contributed by atoms with Gasteiger partial charge in [0.2, 0.25) is 10.3 Å². The van der Waals surface area contributed by atoms with Crippen LogP contribution in [0.2, 0.25) is 0 Å². The number of rotatable bonds is 13. The zero-order chi connectivity index (χ0) is 32.0. The van der Waals surface area contributed by atoms with Crippen LogP contribution >= 0.6 is 21.6 Å².